The Morgan fingerprint density at radius 2 is 1.97 bits per heavy atom. The lowest BCUT2D eigenvalue weighted by Crippen LogP contribution is -2.36. The molecular formula is C19H20F3N5O3S. The Labute approximate surface area is 176 Å². The third kappa shape index (κ3) is 4.36. The second kappa shape index (κ2) is 7.77. The summed E-state index contributed by atoms with van der Waals surface area (Å²) < 4.78 is 69.3. The van der Waals surface area contributed by atoms with Crippen LogP contribution in [-0.4, -0.2) is 39.1 Å². The van der Waals surface area contributed by atoms with E-state index in [-0.39, 0.29) is 23.2 Å². The van der Waals surface area contributed by atoms with Crippen LogP contribution >= 0.6 is 0 Å². The van der Waals surface area contributed by atoms with Gasteiger partial charge in [0.1, 0.15) is 0 Å². The molecule has 0 saturated carbocycles. The predicted molar refractivity (Wildman–Crippen MR) is 103 cm³/mol. The van der Waals surface area contributed by atoms with Gasteiger partial charge in [0, 0.05) is 24.8 Å². The maximum atomic E-state index is 13.0. The normalized spacial score (nSPS) is 16.6. The average molecular weight is 455 g/mol. The van der Waals surface area contributed by atoms with Crippen molar-refractivity contribution >= 4 is 10.0 Å². The number of halogens is 3. The van der Waals surface area contributed by atoms with E-state index in [1.165, 1.54) is 23.1 Å². The monoisotopic (exact) mass is 455 g/mol. The molecule has 0 spiro atoms. The molecule has 1 aromatic carbocycles. The van der Waals surface area contributed by atoms with Gasteiger partial charge in [-0.15, -0.1) is 0 Å². The summed E-state index contributed by atoms with van der Waals surface area (Å²) in [5, 5.41) is 16.7. The van der Waals surface area contributed by atoms with E-state index < -0.39 is 28.5 Å². The number of sulfonamides is 1. The number of hydrogen-bond acceptors (Lipinski definition) is 5. The first-order valence-corrected chi connectivity index (χ1v) is 10.9. The molecule has 2 heterocycles. The van der Waals surface area contributed by atoms with Gasteiger partial charge < -0.3 is 5.11 Å². The summed E-state index contributed by atoms with van der Waals surface area (Å²) in [5.74, 6) is 0. The van der Waals surface area contributed by atoms with Crippen LogP contribution in [0.5, 0.6) is 0 Å². The van der Waals surface area contributed by atoms with Crippen LogP contribution in [0.15, 0.2) is 41.7 Å². The van der Waals surface area contributed by atoms with Gasteiger partial charge in [0.25, 0.3) is 10.0 Å². The number of aliphatic hydroxyl groups excluding tert-OH is 1. The standard InChI is InChI=1S/C19H20F3N5O3S/c1-26-17(4-5-23-26)31(29,30)25-16-7-13-3-2-12(6-14(13)8-16)9-27-10-15(11-28)18(24-27)19(20,21)22/h2-6,10,16,25,28H,7-9,11H2,1H3/t16-/m0/s1. The molecule has 1 aliphatic carbocycles. The Bertz CT molecular complexity index is 1220. The Hall–Kier alpha value is -2.70. The second-order valence-corrected chi connectivity index (χ2v) is 9.14. The smallest absolute Gasteiger partial charge is 0.392 e. The van der Waals surface area contributed by atoms with E-state index in [9.17, 15) is 26.7 Å². The predicted octanol–water partition coefficient (Wildman–Crippen LogP) is 1.62. The number of aromatic nitrogens is 4. The molecule has 166 valence electrons. The molecule has 0 radical (unpaired) electrons. The quantitative estimate of drug-likeness (QED) is 0.588. The number of aryl methyl sites for hydroxylation is 1. The molecular weight excluding hydrogens is 435 g/mol. The molecule has 8 nitrogen and oxygen atoms in total. The molecule has 31 heavy (non-hydrogen) atoms. The van der Waals surface area contributed by atoms with Gasteiger partial charge in [-0.1, -0.05) is 18.2 Å². The van der Waals surface area contributed by atoms with E-state index in [2.05, 4.69) is 14.9 Å². The fourth-order valence-corrected chi connectivity index (χ4v) is 5.20. The Balaban J connectivity index is 1.49. The third-order valence-electron chi connectivity index (χ3n) is 5.20. The van der Waals surface area contributed by atoms with Crippen LogP contribution in [-0.2, 0) is 49.2 Å². The number of rotatable bonds is 6. The van der Waals surface area contributed by atoms with Gasteiger partial charge in [0.2, 0.25) is 0 Å². The molecule has 0 bridgehead atoms. The van der Waals surface area contributed by atoms with E-state index >= 15 is 0 Å². The molecule has 0 fully saturated rings. The molecule has 2 aromatic heterocycles. The highest BCUT2D eigenvalue weighted by molar-refractivity contribution is 7.89. The number of alkyl halides is 3. The van der Waals surface area contributed by atoms with Crippen LogP contribution in [0.25, 0.3) is 0 Å². The molecule has 1 atom stereocenters. The van der Waals surface area contributed by atoms with E-state index in [1.54, 1.807) is 13.1 Å². The highest BCUT2D eigenvalue weighted by Crippen LogP contribution is 2.31. The van der Waals surface area contributed by atoms with Gasteiger partial charge in [0.05, 0.1) is 19.3 Å². The summed E-state index contributed by atoms with van der Waals surface area (Å²) in [6, 6.07) is 6.57. The van der Waals surface area contributed by atoms with E-state index in [1.807, 2.05) is 12.1 Å². The summed E-state index contributed by atoms with van der Waals surface area (Å²) >= 11 is 0. The van der Waals surface area contributed by atoms with Crippen molar-refractivity contribution in [2.45, 2.75) is 43.2 Å². The summed E-state index contributed by atoms with van der Waals surface area (Å²) in [4.78, 5) is 0. The molecule has 2 N–H and O–H groups in total. The zero-order valence-electron chi connectivity index (χ0n) is 16.5. The lowest BCUT2D eigenvalue weighted by atomic mass is 10.1. The Kier molecular flexibility index (Phi) is 5.40. The Morgan fingerprint density at radius 3 is 2.58 bits per heavy atom. The summed E-state index contributed by atoms with van der Waals surface area (Å²) in [5.41, 5.74) is 1.27. The zero-order valence-corrected chi connectivity index (χ0v) is 17.3. The van der Waals surface area contributed by atoms with E-state index in [0.717, 1.165) is 21.4 Å². The van der Waals surface area contributed by atoms with Crippen LogP contribution in [0.2, 0.25) is 0 Å². The van der Waals surface area contributed by atoms with Crippen LogP contribution in [0.4, 0.5) is 13.2 Å². The van der Waals surface area contributed by atoms with Crippen molar-refractivity contribution in [2.24, 2.45) is 7.05 Å². The zero-order chi connectivity index (χ0) is 22.4. The number of fused-ring (bicyclic) bond motifs is 1. The van der Waals surface area contributed by atoms with Crippen molar-refractivity contribution in [3.8, 4) is 0 Å². The third-order valence-corrected chi connectivity index (χ3v) is 6.79. The minimum absolute atomic E-state index is 0.0722. The van der Waals surface area contributed by atoms with Gasteiger partial charge in [0.15, 0.2) is 10.7 Å². The number of aliphatic hydroxyl groups is 1. The van der Waals surface area contributed by atoms with Gasteiger partial charge in [-0.05, 0) is 35.6 Å². The number of hydrogen-bond donors (Lipinski definition) is 2. The summed E-state index contributed by atoms with van der Waals surface area (Å²) in [7, 11) is -2.17. The lowest BCUT2D eigenvalue weighted by Gasteiger charge is -2.12. The van der Waals surface area contributed by atoms with Crippen LogP contribution in [0.3, 0.4) is 0 Å². The van der Waals surface area contributed by atoms with E-state index in [4.69, 9.17) is 0 Å². The topological polar surface area (TPSA) is 102 Å². The lowest BCUT2D eigenvalue weighted by molar-refractivity contribution is -0.142. The molecule has 12 heteroatoms. The molecule has 4 rings (SSSR count). The van der Waals surface area contributed by atoms with Crippen molar-refractivity contribution < 1.29 is 26.7 Å². The maximum absolute atomic E-state index is 13.0. The maximum Gasteiger partial charge on any atom is 0.435 e. The van der Waals surface area contributed by atoms with Crippen molar-refractivity contribution in [3.05, 3.63) is 64.6 Å². The van der Waals surface area contributed by atoms with Crippen LogP contribution in [0, 0.1) is 0 Å². The first-order valence-electron chi connectivity index (χ1n) is 9.42. The SMILES string of the molecule is Cn1nccc1S(=O)(=O)N[C@H]1Cc2ccc(Cn3cc(CO)c(C(F)(F)F)n3)cc2C1. The Morgan fingerprint density at radius 1 is 1.23 bits per heavy atom. The number of nitrogens with one attached hydrogen (secondary N) is 1. The fourth-order valence-electron chi connectivity index (χ4n) is 3.84. The largest absolute Gasteiger partial charge is 0.435 e. The number of benzene rings is 1. The summed E-state index contributed by atoms with van der Waals surface area (Å²) in [6.45, 7) is -0.653. The highest BCUT2D eigenvalue weighted by atomic mass is 32.2. The van der Waals surface area contributed by atoms with E-state index in [0.29, 0.717) is 12.8 Å². The average Bonchev–Trinajstić information content (AvgIpc) is 3.38. The summed E-state index contributed by atoms with van der Waals surface area (Å²) in [6.07, 6.45) is -1.07. The van der Waals surface area contributed by atoms with Crippen molar-refractivity contribution in [3.63, 3.8) is 0 Å². The minimum Gasteiger partial charge on any atom is -0.392 e. The van der Waals surface area contributed by atoms with Crippen molar-refractivity contribution in [1.82, 2.24) is 24.3 Å². The van der Waals surface area contributed by atoms with Gasteiger partial charge >= 0.3 is 6.18 Å². The van der Waals surface area contributed by atoms with Crippen LogP contribution in [0.1, 0.15) is 27.9 Å². The molecule has 0 amide bonds. The first-order chi connectivity index (χ1) is 14.6. The minimum atomic E-state index is -4.64. The molecule has 1 aliphatic rings. The van der Waals surface area contributed by atoms with Gasteiger partial charge in [-0.25, -0.2) is 13.1 Å². The fraction of sp³-hybridized carbons (Fsp3) is 0.368. The second-order valence-electron chi connectivity index (χ2n) is 7.48. The van der Waals surface area contributed by atoms with Crippen LogP contribution < -0.4 is 4.72 Å². The number of nitrogens with zero attached hydrogens (tertiary/aromatic N) is 4. The van der Waals surface area contributed by atoms with Gasteiger partial charge in [-0.3, -0.25) is 9.36 Å². The molecule has 3 aromatic rings. The first kappa shape index (κ1) is 21.5. The molecule has 0 unspecified atom stereocenters. The van der Waals surface area contributed by atoms with Crippen molar-refractivity contribution in [1.29, 1.82) is 0 Å². The molecule has 0 saturated heterocycles. The van der Waals surface area contributed by atoms with Gasteiger partial charge in [-0.2, -0.15) is 23.4 Å². The molecule has 0 aliphatic heterocycles. The van der Waals surface area contributed by atoms with Crippen molar-refractivity contribution in [2.75, 3.05) is 0 Å². The highest BCUT2D eigenvalue weighted by Gasteiger charge is 2.37.